The van der Waals surface area contributed by atoms with Crippen LogP contribution in [0.5, 0.6) is 11.5 Å². The maximum atomic E-state index is 12.5. The molecule has 1 aromatic carbocycles. The van der Waals surface area contributed by atoms with E-state index in [1.165, 1.54) is 14.2 Å². The molecule has 7 nitrogen and oxygen atoms in total. The first kappa shape index (κ1) is 16.9. The van der Waals surface area contributed by atoms with Crippen LogP contribution in [0.4, 0.5) is 10.5 Å². The number of hydrogen-bond acceptors (Lipinski definition) is 5. The fourth-order valence-electron chi connectivity index (χ4n) is 2.63. The highest BCUT2D eigenvalue weighted by Crippen LogP contribution is 2.30. The van der Waals surface area contributed by atoms with Gasteiger partial charge < -0.3 is 24.4 Å². The summed E-state index contributed by atoms with van der Waals surface area (Å²) < 4.78 is 15.1. The van der Waals surface area contributed by atoms with Gasteiger partial charge in [0.1, 0.15) is 11.5 Å². The summed E-state index contributed by atoms with van der Waals surface area (Å²) >= 11 is 0. The van der Waals surface area contributed by atoms with Crippen LogP contribution in [-0.4, -0.2) is 51.3 Å². The number of methoxy groups -OCH3 is 3. The molecule has 2 rings (SSSR count). The molecule has 0 radical (unpaired) electrons. The Kier molecular flexibility index (Phi) is 5.67. The first-order chi connectivity index (χ1) is 11.1. The van der Waals surface area contributed by atoms with Gasteiger partial charge in [-0.2, -0.15) is 0 Å². The Balaban J connectivity index is 2.08. The van der Waals surface area contributed by atoms with Crippen LogP contribution in [0.3, 0.4) is 0 Å². The van der Waals surface area contributed by atoms with E-state index in [1.54, 1.807) is 30.2 Å². The van der Waals surface area contributed by atoms with Crippen molar-refractivity contribution in [2.24, 2.45) is 5.92 Å². The molecule has 0 aromatic heterocycles. The topological polar surface area (TPSA) is 77.1 Å². The van der Waals surface area contributed by atoms with Crippen LogP contribution in [-0.2, 0) is 9.53 Å². The Labute approximate surface area is 135 Å². The Morgan fingerprint density at radius 1 is 1.22 bits per heavy atom. The molecule has 1 aliphatic heterocycles. The van der Waals surface area contributed by atoms with Crippen molar-refractivity contribution >= 4 is 17.7 Å². The van der Waals surface area contributed by atoms with Gasteiger partial charge in [-0.25, -0.2) is 4.79 Å². The van der Waals surface area contributed by atoms with Crippen LogP contribution >= 0.6 is 0 Å². The van der Waals surface area contributed by atoms with Gasteiger partial charge in [0.15, 0.2) is 0 Å². The summed E-state index contributed by atoms with van der Waals surface area (Å²) in [5.41, 5.74) is 0.548. The van der Waals surface area contributed by atoms with Crippen molar-refractivity contribution in [3.05, 3.63) is 18.2 Å². The zero-order valence-electron chi connectivity index (χ0n) is 13.6. The average Bonchev–Trinajstić information content (AvgIpc) is 2.60. The van der Waals surface area contributed by atoms with E-state index in [-0.39, 0.29) is 11.8 Å². The van der Waals surface area contributed by atoms with Crippen molar-refractivity contribution in [2.75, 3.05) is 39.7 Å². The Hall–Kier alpha value is -2.44. The van der Waals surface area contributed by atoms with E-state index in [0.29, 0.717) is 30.3 Å². The van der Waals surface area contributed by atoms with Crippen LogP contribution in [0.1, 0.15) is 12.8 Å². The molecule has 1 heterocycles. The maximum Gasteiger partial charge on any atom is 0.409 e. The zero-order chi connectivity index (χ0) is 16.8. The molecular formula is C16H22N2O5. The number of nitrogens with one attached hydrogen (secondary N) is 1. The summed E-state index contributed by atoms with van der Waals surface area (Å²) in [7, 11) is 4.44. The fourth-order valence-corrected chi connectivity index (χ4v) is 2.63. The summed E-state index contributed by atoms with van der Waals surface area (Å²) in [4.78, 5) is 25.7. The van der Waals surface area contributed by atoms with Gasteiger partial charge in [0, 0.05) is 19.2 Å². The molecule has 1 fully saturated rings. The number of anilines is 1. The highest BCUT2D eigenvalue weighted by molar-refractivity contribution is 5.94. The third-order valence-electron chi connectivity index (χ3n) is 3.89. The third-order valence-corrected chi connectivity index (χ3v) is 3.89. The number of nitrogens with zero attached hydrogens (tertiary/aromatic N) is 1. The van der Waals surface area contributed by atoms with Crippen molar-refractivity contribution < 1.29 is 23.8 Å². The molecule has 7 heteroatoms. The van der Waals surface area contributed by atoms with Gasteiger partial charge in [-0.3, -0.25) is 4.79 Å². The standard InChI is InChI=1S/C16H22N2O5/c1-21-12-6-7-14(22-2)13(9-12)17-15(19)11-5-4-8-18(10-11)16(20)23-3/h6-7,9,11H,4-5,8,10H2,1-3H3,(H,17,19). The van der Waals surface area contributed by atoms with E-state index in [2.05, 4.69) is 5.32 Å². The van der Waals surface area contributed by atoms with Crippen molar-refractivity contribution in [3.63, 3.8) is 0 Å². The number of benzene rings is 1. The third kappa shape index (κ3) is 4.06. The molecule has 1 atom stereocenters. The minimum absolute atomic E-state index is 0.148. The Morgan fingerprint density at radius 2 is 2.00 bits per heavy atom. The molecule has 0 spiro atoms. The average molecular weight is 322 g/mol. The van der Waals surface area contributed by atoms with E-state index in [9.17, 15) is 9.59 Å². The van der Waals surface area contributed by atoms with Crippen LogP contribution < -0.4 is 14.8 Å². The second-order valence-corrected chi connectivity index (χ2v) is 5.31. The van der Waals surface area contributed by atoms with Gasteiger partial charge in [0.2, 0.25) is 5.91 Å². The van der Waals surface area contributed by atoms with Crippen LogP contribution in [0.25, 0.3) is 0 Å². The number of carbonyl (C=O) groups is 2. The molecule has 2 amide bonds. The molecule has 0 aliphatic carbocycles. The van der Waals surface area contributed by atoms with Gasteiger partial charge >= 0.3 is 6.09 Å². The molecule has 1 N–H and O–H groups in total. The van der Waals surface area contributed by atoms with Gasteiger partial charge in [-0.1, -0.05) is 0 Å². The van der Waals surface area contributed by atoms with Gasteiger partial charge in [-0.05, 0) is 25.0 Å². The van der Waals surface area contributed by atoms with Crippen molar-refractivity contribution in [3.8, 4) is 11.5 Å². The molecule has 23 heavy (non-hydrogen) atoms. The Morgan fingerprint density at radius 3 is 2.65 bits per heavy atom. The first-order valence-electron chi connectivity index (χ1n) is 7.44. The highest BCUT2D eigenvalue weighted by Gasteiger charge is 2.29. The predicted molar refractivity (Wildman–Crippen MR) is 84.9 cm³/mol. The molecular weight excluding hydrogens is 300 g/mol. The van der Waals surface area contributed by atoms with Gasteiger partial charge in [0.05, 0.1) is 32.9 Å². The summed E-state index contributed by atoms with van der Waals surface area (Å²) in [5.74, 6) is 0.754. The van der Waals surface area contributed by atoms with Gasteiger partial charge in [0.25, 0.3) is 0 Å². The fraction of sp³-hybridized carbons (Fsp3) is 0.500. The normalized spacial score (nSPS) is 17.3. The van der Waals surface area contributed by atoms with E-state index >= 15 is 0 Å². The Bertz CT molecular complexity index is 576. The van der Waals surface area contributed by atoms with Crippen molar-refractivity contribution in [1.82, 2.24) is 4.90 Å². The number of ether oxygens (including phenoxy) is 3. The lowest BCUT2D eigenvalue weighted by molar-refractivity contribution is -0.121. The molecule has 0 saturated carbocycles. The highest BCUT2D eigenvalue weighted by atomic mass is 16.5. The second-order valence-electron chi connectivity index (χ2n) is 5.31. The lowest BCUT2D eigenvalue weighted by Crippen LogP contribution is -2.43. The summed E-state index contributed by atoms with van der Waals surface area (Å²) in [6, 6.07) is 5.20. The number of amides is 2. The van der Waals surface area contributed by atoms with Crippen LogP contribution in [0.15, 0.2) is 18.2 Å². The zero-order valence-corrected chi connectivity index (χ0v) is 13.6. The number of hydrogen-bond donors (Lipinski definition) is 1. The quantitative estimate of drug-likeness (QED) is 0.919. The van der Waals surface area contributed by atoms with E-state index in [1.807, 2.05) is 0 Å². The molecule has 1 unspecified atom stereocenters. The van der Waals surface area contributed by atoms with E-state index < -0.39 is 6.09 Å². The first-order valence-corrected chi connectivity index (χ1v) is 7.44. The van der Waals surface area contributed by atoms with Gasteiger partial charge in [-0.15, -0.1) is 0 Å². The number of likely N-dealkylation sites (tertiary alicyclic amines) is 1. The molecule has 0 bridgehead atoms. The largest absolute Gasteiger partial charge is 0.497 e. The lowest BCUT2D eigenvalue weighted by Gasteiger charge is -2.31. The SMILES string of the molecule is COC(=O)N1CCCC(C(=O)Nc2cc(OC)ccc2OC)C1. The van der Waals surface area contributed by atoms with Crippen molar-refractivity contribution in [2.45, 2.75) is 12.8 Å². The van der Waals surface area contributed by atoms with E-state index in [4.69, 9.17) is 14.2 Å². The van der Waals surface area contributed by atoms with Crippen LogP contribution in [0, 0.1) is 5.92 Å². The van der Waals surface area contributed by atoms with E-state index in [0.717, 1.165) is 12.8 Å². The number of piperidine rings is 1. The summed E-state index contributed by atoms with van der Waals surface area (Å²) in [5, 5.41) is 2.86. The van der Waals surface area contributed by atoms with Crippen molar-refractivity contribution in [1.29, 1.82) is 0 Å². The minimum atomic E-state index is -0.401. The maximum absolute atomic E-state index is 12.5. The monoisotopic (exact) mass is 322 g/mol. The van der Waals surface area contributed by atoms with Crippen LogP contribution in [0.2, 0.25) is 0 Å². The molecule has 126 valence electrons. The molecule has 1 aromatic rings. The second kappa shape index (κ2) is 7.71. The minimum Gasteiger partial charge on any atom is -0.497 e. The lowest BCUT2D eigenvalue weighted by atomic mass is 9.97. The summed E-state index contributed by atoms with van der Waals surface area (Å²) in [6.07, 6.45) is 1.09. The predicted octanol–water partition coefficient (Wildman–Crippen LogP) is 2.12. The smallest absolute Gasteiger partial charge is 0.409 e. The number of rotatable bonds is 4. The number of carbonyl (C=O) groups excluding carboxylic acids is 2. The molecule has 1 aliphatic rings. The molecule has 1 saturated heterocycles. The summed E-state index contributed by atoms with van der Waals surface area (Å²) in [6.45, 7) is 0.962.